The molecule has 2 aliphatic rings. The third-order valence-corrected chi connectivity index (χ3v) is 11.8. The molecule has 2 aromatic rings. The van der Waals surface area contributed by atoms with Crippen molar-refractivity contribution in [1.29, 1.82) is 0 Å². The Labute approximate surface area is 350 Å². The van der Waals surface area contributed by atoms with Crippen molar-refractivity contribution < 1.29 is 50.1 Å². The van der Waals surface area contributed by atoms with E-state index in [0.29, 0.717) is 63.0 Å². The van der Waals surface area contributed by atoms with Crippen LogP contribution >= 0.6 is 0 Å². The fourth-order valence-corrected chi connectivity index (χ4v) is 8.02. The van der Waals surface area contributed by atoms with E-state index in [4.69, 9.17) is 9.47 Å². The second kappa shape index (κ2) is 21.9. The summed E-state index contributed by atoms with van der Waals surface area (Å²) in [5.41, 5.74) is -0.393. The van der Waals surface area contributed by atoms with Gasteiger partial charge in [-0.1, -0.05) is 0 Å². The number of hydrogen-bond acceptors (Lipinski definition) is 9. The zero-order valence-electron chi connectivity index (χ0n) is 35.7. The molecule has 13 nitrogen and oxygen atoms in total. The van der Waals surface area contributed by atoms with Crippen LogP contribution in [0.1, 0.15) is 106 Å². The van der Waals surface area contributed by atoms with Gasteiger partial charge in [-0.15, -0.1) is 0 Å². The number of amides is 4. The summed E-state index contributed by atoms with van der Waals surface area (Å²) < 4.78 is 72.8. The van der Waals surface area contributed by atoms with Gasteiger partial charge in [-0.25, -0.2) is 26.8 Å². The van der Waals surface area contributed by atoms with Crippen LogP contribution in [-0.4, -0.2) is 96.3 Å². The van der Waals surface area contributed by atoms with E-state index in [9.17, 15) is 40.6 Å². The van der Waals surface area contributed by atoms with Crippen LogP contribution in [0, 0.1) is 23.5 Å². The average Bonchev–Trinajstić information content (AvgIpc) is 3.10. The number of nitrogens with one attached hydrogen (secondary N) is 2. The molecule has 2 aromatic carbocycles. The van der Waals surface area contributed by atoms with Gasteiger partial charge in [0, 0.05) is 62.9 Å². The highest BCUT2D eigenvalue weighted by Gasteiger charge is 2.28. The molecule has 0 bridgehead atoms. The van der Waals surface area contributed by atoms with Gasteiger partial charge >= 0.3 is 12.2 Å². The maximum Gasteiger partial charge on any atom is 0.410 e. The SMILES string of the molecule is CC(C)(C)OC(=O)N1CCC(CCCC(=O)Nc2ccc(S(C)(=O)=O)c(F)c2)CC1.CS(=O)c1ccc(NC(=O)CCCC2CCN(C(=O)OC(C)(C)C)CC2)cc1F. The number of carbonyl (C=O) groups excluding carboxylic acids is 4. The summed E-state index contributed by atoms with van der Waals surface area (Å²) in [4.78, 5) is 51.6. The first kappa shape index (κ1) is 49.2. The van der Waals surface area contributed by atoms with Crippen LogP contribution in [0.3, 0.4) is 0 Å². The number of ether oxygens (including phenoxy) is 2. The standard InChI is InChI=1S/C21H31FN2O5S.C21H31FN2O4S/c1-21(2,3)29-20(26)24-12-10-15(11-13-24)6-5-7-19(25)23-16-8-9-18(17(22)14-16)30(4,27)28;1-21(2,3)28-20(26)24-12-10-15(11-13-24)6-5-7-19(25)23-16-8-9-18(29(4)27)17(22)14-16/h8-9,14-15H,5-7,10-13H2,1-4H3,(H,23,25);8-9,14-15H,5-7,10-13H2,1-4H3,(H,23,25). The smallest absolute Gasteiger partial charge is 0.410 e. The topological polar surface area (TPSA) is 168 Å². The van der Waals surface area contributed by atoms with Gasteiger partial charge in [-0.2, -0.15) is 0 Å². The van der Waals surface area contributed by atoms with Gasteiger partial charge in [0.1, 0.15) is 27.7 Å². The molecule has 1 atom stereocenters. The number of nitrogens with zero attached hydrogens (tertiary/aromatic N) is 2. The fraction of sp³-hybridized carbons (Fsp3) is 0.619. The van der Waals surface area contributed by atoms with Crippen LogP contribution in [0.5, 0.6) is 0 Å². The number of sulfone groups is 1. The molecule has 2 N–H and O–H groups in total. The minimum atomic E-state index is -3.64. The van der Waals surface area contributed by atoms with Crippen LogP contribution in [0.2, 0.25) is 0 Å². The number of benzene rings is 2. The number of halogens is 2. The number of likely N-dealkylation sites (tertiary alicyclic amines) is 2. The maximum atomic E-state index is 13.9. The highest BCUT2D eigenvalue weighted by atomic mass is 32.2. The van der Waals surface area contributed by atoms with E-state index < -0.39 is 48.4 Å². The van der Waals surface area contributed by atoms with E-state index in [0.717, 1.165) is 63.3 Å². The van der Waals surface area contributed by atoms with E-state index in [1.807, 2.05) is 41.5 Å². The molecular formula is C42H62F2N4O9S2. The van der Waals surface area contributed by atoms with E-state index >= 15 is 0 Å². The Balaban J connectivity index is 0.000000316. The molecule has 2 heterocycles. The summed E-state index contributed by atoms with van der Waals surface area (Å²) in [6, 6.07) is 7.73. The van der Waals surface area contributed by atoms with Gasteiger partial charge < -0.3 is 29.9 Å². The number of carbonyl (C=O) groups is 4. The average molecular weight is 869 g/mol. The van der Waals surface area contributed by atoms with Crippen molar-refractivity contribution in [1.82, 2.24) is 9.80 Å². The lowest BCUT2D eigenvalue weighted by Crippen LogP contribution is -2.41. The molecule has 2 fully saturated rings. The summed E-state index contributed by atoms with van der Waals surface area (Å²) in [6.07, 6.45) is 9.22. The van der Waals surface area contributed by atoms with Gasteiger partial charge in [0.15, 0.2) is 9.84 Å². The van der Waals surface area contributed by atoms with Crippen molar-refractivity contribution in [3.63, 3.8) is 0 Å². The summed E-state index contributed by atoms with van der Waals surface area (Å²) in [6.45, 7) is 13.8. The Morgan fingerprint density at radius 3 is 1.44 bits per heavy atom. The summed E-state index contributed by atoms with van der Waals surface area (Å²) in [5, 5.41) is 5.28. The molecule has 330 valence electrons. The molecule has 0 aliphatic carbocycles. The number of anilines is 2. The molecule has 0 saturated carbocycles. The first-order chi connectivity index (χ1) is 27.4. The monoisotopic (exact) mass is 868 g/mol. The van der Waals surface area contributed by atoms with Crippen molar-refractivity contribution in [3.05, 3.63) is 48.0 Å². The molecular weight excluding hydrogens is 807 g/mol. The van der Waals surface area contributed by atoms with Gasteiger partial charge in [0.05, 0.1) is 15.7 Å². The largest absolute Gasteiger partial charge is 0.444 e. The Morgan fingerprint density at radius 1 is 0.712 bits per heavy atom. The predicted octanol–water partition coefficient (Wildman–Crippen LogP) is 8.30. The third-order valence-electron chi connectivity index (χ3n) is 9.71. The van der Waals surface area contributed by atoms with Gasteiger partial charge in [-0.05, 0) is 141 Å². The van der Waals surface area contributed by atoms with E-state index in [2.05, 4.69) is 10.6 Å². The minimum Gasteiger partial charge on any atom is -0.444 e. The quantitative estimate of drug-likeness (QED) is 0.213. The minimum absolute atomic E-state index is 0.126. The Bertz CT molecular complexity index is 1900. The lowest BCUT2D eigenvalue weighted by atomic mass is 9.91. The van der Waals surface area contributed by atoms with E-state index in [1.165, 1.54) is 24.5 Å². The Kier molecular flexibility index (Phi) is 18.3. The summed E-state index contributed by atoms with van der Waals surface area (Å²) in [7, 11) is -5.04. The Morgan fingerprint density at radius 2 is 1.10 bits per heavy atom. The van der Waals surface area contributed by atoms with Crippen LogP contribution in [-0.2, 0) is 39.7 Å². The molecule has 0 radical (unpaired) electrons. The first-order valence-electron chi connectivity index (χ1n) is 20.1. The van der Waals surface area contributed by atoms with Crippen LogP contribution < -0.4 is 10.6 Å². The summed E-state index contributed by atoms with van der Waals surface area (Å²) in [5.74, 6) is -0.943. The summed E-state index contributed by atoms with van der Waals surface area (Å²) >= 11 is 0. The Hall–Kier alpha value is -4.12. The van der Waals surface area contributed by atoms with E-state index in [1.54, 1.807) is 15.9 Å². The highest BCUT2D eigenvalue weighted by Crippen LogP contribution is 2.26. The maximum absolute atomic E-state index is 13.9. The van der Waals surface area contributed by atoms with Crippen molar-refractivity contribution in [2.45, 2.75) is 127 Å². The molecule has 1 unspecified atom stereocenters. The molecule has 2 aliphatic heterocycles. The lowest BCUT2D eigenvalue weighted by Gasteiger charge is -2.33. The highest BCUT2D eigenvalue weighted by molar-refractivity contribution is 7.90. The molecule has 59 heavy (non-hydrogen) atoms. The fourth-order valence-electron chi connectivity index (χ4n) is 6.70. The molecule has 17 heteroatoms. The number of hydrogen-bond donors (Lipinski definition) is 2. The van der Waals surface area contributed by atoms with Crippen molar-refractivity contribution in [3.8, 4) is 0 Å². The number of piperidine rings is 2. The zero-order valence-corrected chi connectivity index (χ0v) is 37.3. The lowest BCUT2D eigenvalue weighted by molar-refractivity contribution is -0.117. The molecule has 4 amide bonds. The molecule has 4 rings (SSSR count). The van der Waals surface area contributed by atoms with Gasteiger partial charge in [0.25, 0.3) is 0 Å². The van der Waals surface area contributed by atoms with Gasteiger partial charge in [0.2, 0.25) is 11.8 Å². The second-order valence-corrected chi connectivity index (χ2v) is 20.6. The second-order valence-electron chi connectivity index (χ2n) is 17.2. The zero-order chi connectivity index (χ0) is 44.1. The third kappa shape index (κ3) is 18.0. The van der Waals surface area contributed by atoms with Crippen molar-refractivity contribution in [2.75, 3.05) is 49.3 Å². The predicted molar refractivity (Wildman–Crippen MR) is 224 cm³/mol. The van der Waals surface area contributed by atoms with Crippen molar-refractivity contribution in [2.24, 2.45) is 11.8 Å². The van der Waals surface area contributed by atoms with Gasteiger partial charge in [-0.3, -0.25) is 13.8 Å². The van der Waals surface area contributed by atoms with Crippen LogP contribution in [0.4, 0.5) is 29.7 Å². The van der Waals surface area contributed by atoms with Crippen LogP contribution in [0.15, 0.2) is 46.2 Å². The molecule has 2 saturated heterocycles. The van der Waals surface area contributed by atoms with E-state index in [-0.39, 0.29) is 34.6 Å². The molecule has 0 spiro atoms. The normalized spacial score (nSPS) is 16.0. The number of rotatable bonds is 12. The molecule has 0 aromatic heterocycles. The first-order valence-corrected chi connectivity index (χ1v) is 23.5. The van der Waals surface area contributed by atoms with Crippen molar-refractivity contribution >= 4 is 56.0 Å². The van der Waals surface area contributed by atoms with Crippen LogP contribution in [0.25, 0.3) is 0 Å².